The second kappa shape index (κ2) is 10.1. The van der Waals surface area contributed by atoms with Crippen LogP contribution in [0, 0.1) is 0 Å². The number of carbonyl (C=O) groups is 1. The topological polar surface area (TPSA) is 53.9 Å². The number of nitrogens with zero attached hydrogens (tertiary/aromatic N) is 2. The van der Waals surface area contributed by atoms with Gasteiger partial charge in [-0.3, -0.25) is 9.69 Å². The maximum absolute atomic E-state index is 11.9. The van der Waals surface area contributed by atoms with Gasteiger partial charge in [-0.05, 0) is 61.8 Å². The largest absolute Gasteiger partial charge is 0.489 e. The molecule has 0 aliphatic carbocycles. The molecule has 3 rings (SSSR count). The molecule has 0 saturated carbocycles. The van der Waals surface area contributed by atoms with Gasteiger partial charge in [-0.15, -0.1) is 0 Å². The molecule has 0 radical (unpaired) electrons. The molecule has 2 aromatic carbocycles. The van der Waals surface area contributed by atoms with E-state index in [-0.39, 0.29) is 5.91 Å². The Bertz CT molecular complexity index is 771. The molecule has 1 fully saturated rings. The maximum atomic E-state index is 11.9. The van der Waals surface area contributed by atoms with Crippen molar-refractivity contribution in [3.05, 3.63) is 64.7 Å². The number of benzene rings is 2. The van der Waals surface area contributed by atoms with Crippen LogP contribution in [0.4, 0.5) is 0 Å². The number of hydrazone groups is 1. The summed E-state index contributed by atoms with van der Waals surface area (Å²) < 4.78 is 5.75. The van der Waals surface area contributed by atoms with Crippen molar-refractivity contribution in [1.29, 1.82) is 0 Å². The van der Waals surface area contributed by atoms with Crippen LogP contribution in [0.2, 0.25) is 5.02 Å². The summed E-state index contributed by atoms with van der Waals surface area (Å²) >= 11 is 6.13. The van der Waals surface area contributed by atoms with E-state index in [0.29, 0.717) is 18.2 Å². The Hall–Kier alpha value is -2.37. The van der Waals surface area contributed by atoms with E-state index in [0.717, 1.165) is 30.0 Å². The molecule has 1 amide bonds. The fraction of sp³-hybridized carbons (Fsp3) is 0.333. The van der Waals surface area contributed by atoms with Gasteiger partial charge in [0.05, 0.1) is 12.8 Å². The number of piperidine rings is 1. The molecule has 5 nitrogen and oxygen atoms in total. The molecule has 0 spiro atoms. The number of carbonyl (C=O) groups excluding carboxylic acids is 1. The average Bonchev–Trinajstić information content (AvgIpc) is 2.69. The van der Waals surface area contributed by atoms with Crippen molar-refractivity contribution in [3.8, 4) is 5.75 Å². The highest BCUT2D eigenvalue weighted by atomic mass is 35.5. The van der Waals surface area contributed by atoms with Gasteiger partial charge in [-0.2, -0.15) is 5.10 Å². The van der Waals surface area contributed by atoms with Crippen molar-refractivity contribution >= 4 is 23.7 Å². The van der Waals surface area contributed by atoms with Crippen LogP contribution in [-0.2, 0) is 11.4 Å². The second-order valence-corrected chi connectivity index (χ2v) is 6.99. The van der Waals surface area contributed by atoms with Crippen LogP contribution in [0.3, 0.4) is 0 Å². The fourth-order valence-electron chi connectivity index (χ4n) is 2.96. The molecule has 2 aromatic rings. The van der Waals surface area contributed by atoms with Crippen molar-refractivity contribution < 1.29 is 9.53 Å². The molecule has 27 heavy (non-hydrogen) atoms. The van der Waals surface area contributed by atoms with Crippen LogP contribution in [0.1, 0.15) is 30.4 Å². The SMILES string of the molecule is O=C(CN1CCCCC1)N/N=C\c1ccc(OCc2ccccc2Cl)cc1. The van der Waals surface area contributed by atoms with Crippen LogP contribution in [-0.4, -0.2) is 36.7 Å². The lowest BCUT2D eigenvalue weighted by atomic mass is 10.1. The van der Waals surface area contributed by atoms with E-state index in [4.69, 9.17) is 16.3 Å². The molecule has 142 valence electrons. The molecule has 0 aromatic heterocycles. The van der Waals surface area contributed by atoms with E-state index in [1.165, 1.54) is 19.3 Å². The Kier molecular flexibility index (Phi) is 7.25. The van der Waals surface area contributed by atoms with Gasteiger partial charge in [0.15, 0.2) is 0 Å². The summed E-state index contributed by atoms with van der Waals surface area (Å²) in [5, 5.41) is 4.73. The van der Waals surface area contributed by atoms with Crippen molar-refractivity contribution in [2.24, 2.45) is 5.10 Å². The van der Waals surface area contributed by atoms with Gasteiger partial charge in [0.1, 0.15) is 12.4 Å². The maximum Gasteiger partial charge on any atom is 0.254 e. The summed E-state index contributed by atoms with van der Waals surface area (Å²) in [6.45, 7) is 2.81. The molecule has 0 bridgehead atoms. The summed E-state index contributed by atoms with van der Waals surface area (Å²) in [6, 6.07) is 15.1. The van der Waals surface area contributed by atoms with Gasteiger partial charge in [0.2, 0.25) is 0 Å². The predicted octanol–water partition coefficient (Wildman–Crippen LogP) is 3.86. The van der Waals surface area contributed by atoms with Crippen molar-refractivity contribution in [2.75, 3.05) is 19.6 Å². The summed E-state index contributed by atoms with van der Waals surface area (Å²) in [7, 11) is 0. The lowest BCUT2D eigenvalue weighted by Gasteiger charge is -2.25. The quantitative estimate of drug-likeness (QED) is 0.581. The van der Waals surface area contributed by atoms with Gasteiger partial charge in [0, 0.05) is 10.6 Å². The smallest absolute Gasteiger partial charge is 0.254 e. The number of amides is 1. The molecular formula is C21H24ClN3O2. The normalized spacial score (nSPS) is 15.0. The van der Waals surface area contributed by atoms with Gasteiger partial charge in [-0.1, -0.05) is 36.2 Å². The van der Waals surface area contributed by atoms with Gasteiger partial charge in [-0.25, -0.2) is 5.43 Å². The summed E-state index contributed by atoms with van der Waals surface area (Å²) in [5.41, 5.74) is 4.42. The molecule has 1 saturated heterocycles. The first kappa shape index (κ1) is 19.4. The van der Waals surface area contributed by atoms with Crippen LogP contribution in [0.15, 0.2) is 53.6 Å². The monoisotopic (exact) mass is 385 g/mol. The first-order chi connectivity index (χ1) is 13.2. The lowest BCUT2D eigenvalue weighted by Crippen LogP contribution is -2.38. The highest BCUT2D eigenvalue weighted by molar-refractivity contribution is 6.31. The summed E-state index contributed by atoms with van der Waals surface area (Å²) in [4.78, 5) is 14.1. The predicted molar refractivity (Wildman–Crippen MR) is 108 cm³/mol. The summed E-state index contributed by atoms with van der Waals surface area (Å²) in [5.74, 6) is 0.675. The third kappa shape index (κ3) is 6.38. The van der Waals surface area contributed by atoms with E-state index < -0.39 is 0 Å². The molecule has 1 N–H and O–H groups in total. The van der Waals surface area contributed by atoms with E-state index in [9.17, 15) is 4.79 Å². The Morgan fingerprint density at radius 2 is 1.85 bits per heavy atom. The van der Waals surface area contributed by atoms with Crippen molar-refractivity contribution in [1.82, 2.24) is 10.3 Å². The Morgan fingerprint density at radius 3 is 2.59 bits per heavy atom. The third-order valence-corrected chi connectivity index (χ3v) is 4.82. The fourth-order valence-corrected chi connectivity index (χ4v) is 3.15. The Labute approximate surface area is 165 Å². The molecule has 1 aliphatic rings. The van der Waals surface area contributed by atoms with E-state index >= 15 is 0 Å². The van der Waals surface area contributed by atoms with Crippen LogP contribution in [0.5, 0.6) is 5.75 Å². The lowest BCUT2D eigenvalue weighted by molar-refractivity contribution is -0.122. The van der Waals surface area contributed by atoms with Gasteiger partial charge >= 0.3 is 0 Å². The second-order valence-electron chi connectivity index (χ2n) is 6.58. The van der Waals surface area contributed by atoms with Crippen LogP contribution >= 0.6 is 11.6 Å². The highest BCUT2D eigenvalue weighted by Crippen LogP contribution is 2.18. The summed E-state index contributed by atoms with van der Waals surface area (Å²) in [6.07, 6.45) is 5.23. The number of likely N-dealkylation sites (tertiary alicyclic amines) is 1. The van der Waals surface area contributed by atoms with Crippen molar-refractivity contribution in [2.45, 2.75) is 25.9 Å². The first-order valence-corrected chi connectivity index (χ1v) is 9.59. The zero-order valence-electron chi connectivity index (χ0n) is 15.2. The van der Waals surface area contributed by atoms with Gasteiger partial charge in [0.25, 0.3) is 5.91 Å². The van der Waals surface area contributed by atoms with Crippen LogP contribution in [0.25, 0.3) is 0 Å². The van der Waals surface area contributed by atoms with Crippen LogP contribution < -0.4 is 10.2 Å². The number of halogens is 1. The molecule has 0 atom stereocenters. The molecule has 1 aliphatic heterocycles. The van der Waals surface area contributed by atoms with E-state index in [1.807, 2.05) is 48.5 Å². The molecule has 0 unspecified atom stereocenters. The Balaban J connectivity index is 1.43. The average molecular weight is 386 g/mol. The van der Waals surface area contributed by atoms with E-state index in [1.54, 1.807) is 6.21 Å². The minimum absolute atomic E-state index is 0.0761. The number of hydrogen-bond acceptors (Lipinski definition) is 4. The number of nitrogens with one attached hydrogen (secondary N) is 1. The number of rotatable bonds is 7. The van der Waals surface area contributed by atoms with Crippen molar-refractivity contribution in [3.63, 3.8) is 0 Å². The van der Waals surface area contributed by atoms with Gasteiger partial charge < -0.3 is 4.74 Å². The Morgan fingerprint density at radius 1 is 1.11 bits per heavy atom. The first-order valence-electron chi connectivity index (χ1n) is 9.21. The highest BCUT2D eigenvalue weighted by Gasteiger charge is 2.13. The zero-order valence-corrected chi connectivity index (χ0v) is 16.0. The zero-order chi connectivity index (χ0) is 18.9. The standard InChI is InChI=1S/C21H24ClN3O2/c22-20-7-3-2-6-18(20)16-27-19-10-8-17(9-11-19)14-23-24-21(26)15-25-12-4-1-5-13-25/h2-3,6-11,14H,1,4-5,12-13,15-16H2,(H,24,26)/b23-14-. The third-order valence-electron chi connectivity index (χ3n) is 4.45. The molecular weight excluding hydrogens is 362 g/mol. The minimum atomic E-state index is -0.0761. The minimum Gasteiger partial charge on any atom is -0.489 e. The van der Waals surface area contributed by atoms with E-state index in [2.05, 4.69) is 15.4 Å². The molecule has 6 heteroatoms. The number of ether oxygens (including phenoxy) is 1. The number of hydrogen-bond donors (Lipinski definition) is 1. The molecule has 1 heterocycles.